The number of nitrogens with one attached hydrogen (secondary N) is 1. The van der Waals surface area contributed by atoms with Crippen LogP contribution >= 0.6 is 27.7 Å². The second kappa shape index (κ2) is 5.33. The van der Waals surface area contributed by atoms with Crippen LogP contribution in [0.15, 0.2) is 22.8 Å². The van der Waals surface area contributed by atoms with Crippen LogP contribution in [0.25, 0.3) is 0 Å². The molecule has 2 heterocycles. The first kappa shape index (κ1) is 12.8. The standard InChI is InChI=1S/C11H13BrClN3O/c1-7-5-6-8(14-7)11(17)16(13)10-4-2-3-9(12)15-10/h2-4,7-8,14H,5-6H2,1H3/t7-,8-/m0/s1. The third-order valence-electron chi connectivity index (χ3n) is 2.77. The van der Waals surface area contributed by atoms with Gasteiger partial charge in [-0.15, -0.1) is 0 Å². The van der Waals surface area contributed by atoms with Crippen molar-refractivity contribution >= 4 is 39.4 Å². The van der Waals surface area contributed by atoms with Crippen molar-refractivity contribution in [2.45, 2.75) is 31.8 Å². The smallest absolute Gasteiger partial charge is 0.260 e. The summed E-state index contributed by atoms with van der Waals surface area (Å²) in [5.41, 5.74) is 0. The lowest BCUT2D eigenvalue weighted by atomic mass is 10.2. The van der Waals surface area contributed by atoms with Crippen LogP contribution in [0.2, 0.25) is 0 Å². The molecule has 0 spiro atoms. The molecule has 92 valence electrons. The molecular formula is C11H13BrClN3O. The van der Waals surface area contributed by atoms with Gasteiger partial charge >= 0.3 is 0 Å². The molecule has 2 rings (SSSR count). The lowest BCUT2D eigenvalue weighted by Crippen LogP contribution is -2.41. The van der Waals surface area contributed by atoms with Crippen molar-refractivity contribution in [3.63, 3.8) is 0 Å². The number of hydrogen-bond donors (Lipinski definition) is 1. The Balaban J connectivity index is 2.09. The van der Waals surface area contributed by atoms with Gasteiger partial charge < -0.3 is 5.32 Å². The van der Waals surface area contributed by atoms with Crippen molar-refractivity contribution in [2.75, 3.05) is 4.42 Å². The average molecular weight is 319 g/mol. The van der Waals surface area contributed by atoms with Crippen LogP contribution in [0.5, 0.6) is 0 Å². The van der Waals surface area contributed by atoms with Crippen LogP contribution in [-0.2, 0) is 4.79 Å². The van der Waals surface area contributed by atoms with E-state index >= 15 is 0 Å². The molecule has 0 radical (unpaired) electrons. The zero-order valence-corrected chi connectivity index (χ0v) is 11.7. The highest BCUT2D eigenvalue weighted by Gasteiger charge is 2.30. The first-order valence-corrected chi connectivity index (χ1v) is 6.59. The molecule has 1 amide bonds. The fourth-order valence-corrected chi connectivity index (χ4v) is 2.42. The highest BCUT2D eigenvalue weighted by atomic mass is 79.9. The summed E-state index contributed by atoms with van der Waals surface area (Å²) in [7, 11) is 0. The number of rotatable bonds is 2. The Bertz CT molecular complexity index is 429. The minimum atomic E-state index is -0.205. The molecule has 1 saturated heterocycles. The molecule has 1 aliphatic rings. The van der Waals surface area contributed by atoms with Gasteiger partial charge in [-0.2, -0.15) is 0 Å². The number of carbonyl (C=O) groups excluding carboxylic acids is 1. The summed E-state index contributed by atoms with van der Waals surface area (Å²) in [5.74, 6) is 0.286. The van der Waals surface area contributed by atoms with Crippen LogP contribution in [0.1, 0.15) is 19.8 Å². The van der Waals surface area contributed by atoms with E-state index in [1.165, 1.54) is 0 Å². The van der Waals surface area contributed by atoms with E-state index < -0.39 is 0 Å². The lowest BCUT2D eigenvalue weighted by molar-refractivity contribution is -0.119. The van der Waals surface area contributed by atoms with Gasteiger partial charge in [0.1, 0.15) is 4.60 Å². The maximum Gasteiger partial charge on any atom is 0.260 e. The Kier molecular flexibility index (Phi) is 4.01. The zero-order valence-electron chi connectivity index (χ0n) is 9.36. The fourth-order valence-electron chi connectivity index (χ4n) is 1.88. The number of carbonyl (C=O) groups is 1. The second-order valence-electron chi connectivity index (χ2n) is 4.14. The predicted molar refractivity (Wildman–Crippen MR) is 70.9 cm³/mol. The van der Waals surface area contributed by atoms with Gasteiger partial charge in [-0.3, -0.25) is 4.79 Å². The summed E-state index contributed by atoms with van der Waals surface area (Å²) in [5, 5.41) is 3.20. The van der Waals surface area contributed by atoms with E-state index in [0.717, 1.165) is 17.3 Å². The molecule has 1 aromatic rings. The van der Waals surface area contributed by atoms with Crippen LogP contribution in [0, 0.1) is 0 Å². The van der Waals surface area contributed by atoms with Gasteiger partial charge in [0.15, 0.2) is 5.82 Å². The van der Waals surface area contributed by atoms with Gasteiger partial charge in [0.25, 0.3) is 5.91 Å². The molecule has 1 aliphatic heterocycles. The largest absolute Gasteiger partial charge is 0.303 e. The topological polar surface area (TPSA) is 45.2 Å². The molecule has 6 heteroatoms. The maximum atomic E-state index is 12.1. The first-order chi connectivity index (χ1) is 8.08. The second-order valence-corrected chi connectivity index (χ2v) is 5.29. The van der Waals surface area contributed by atoms with Gasteiger partial charge in [-0.1, -0.05) is 6.07 Å². The van der Waals surface area contributed by atoms with E-state index in [0.29, 0.717) is 16.5 Å². The monoisotopic (exact) mass is 317 g/mol. The number of anilines is 1. The maximum absolute atomic E-state index is 12.1. The average Bonchev–Trinajstić information content (AvgIpc) is 2.74. The van der Waals surface area contributed by atoms with E-state index in [-0.39, 0.29) is 11.9 Å². The Labute approximate surface area is 114 Å². The summed E-state index contributed by atoms with van der Waals surface area (Å²) in [6, 6.07) is 5.44. The molecule has 0 unspecified atom stereocenters. The summed E-state index contributed by atoms with van der Waals surface area (Å²) in [6.45, 7) is 2.06. The van der Waals surface area contributed by atoms with E-state index in [1.807, 2.05) is 0 Å². The van der Waals surface area contributed by atoms with Crippen molar-refractivity contribution in [1.29, 1.82) is 0 Å². The summed E-state index contributed by atoms with van der Waals surface area (Å²) < 4.78 is 1.74. The first-order valence-electron chi connectivity index (χ1n) is 5.46. The Morgan fingerprint density at radius 2 is 2.35 bits per heavy atom. The number of hydrogen-bond acceptors (Lipinski definition) is 3. The molecule has 0 saturated carbocycles. The van der Waals surface area contributed by atoms with Gasteiger partial charge in [-0.25, -0.2) is 9.40 Å². The third kappa shape index (κ3) is 2.97. The fraction of sp³-hybridized carbons (Fsp3) is 0.455. The molecule has 0 aliphatic carbocycles. The van der Waals surface area contributed by atoms with Gasteiger partial charge in [0.2, 0.25) is 0 Å². The van der Waals surface area contributed by atoms with Crippen molar-refractivity contribution in [1.82, 2.24) is 10.3 Å². The van der Waals surface area contributed by atoms with E-state index in [2.05, 4.69) is 33.2 Å². The molecule has 1 aromatic heterocycles. The molecular weight excluding hydrogens is 305 g/mol. The Morgan fingerprint density at radius 3 is 2.94 bits per heavy atom. The minimum absolute atomic E-state index is 0.151. The molecule has 2 atom stereocenters. The molecule has 0 bridgehead atoms. The summed E-state index contributed by atoms with van der Waals surface area (Å²) in [6.07, 6.45) is 1.81. The van der Waals surface area contributed by atoms with Gasteiger partial charge in [0, 0.05) is 17.8 Å². The molecule has 1 N–H and O–H groups in total. The SMILES string of the molecule is C[C@H]1CC[C@@H](C(=O)N(Cl)c2cccc(Br)n2)N1. The molecule has 1 fully saturated rings. The number of nitrogens with zero attached hydrogens (tertiary/aromatic N) is 2. The lowest BCUT2D eigenvalue weighted by Gasteiger charge is -2.17. The zero-order chi connectivity index (χ0) is 12.4. The van der Waals surface area contributed by atoms with Crippen molar-refractivity contribution in [3.8, 4) is 0 Å². The summed E-state index contributed by atoms with van der Waals surface area (Å²) >= 11 is 9.27. The van der Waals surface area contributed by atoms with Gasteiger partial charge in [0.05, 0.1) is 6.04 Å². The van der Waals surface area contributed by atoms with E-state index in [9.17, 15) is 4.79 Å². The number of amides is 1. The number of pyridine rings is 1. The Morgan fingerprint density at radius 1 is 1.59 bits per heavy atom. The van der Waals surface area contributed by atoms with Crippen molar-refractivity contribution < 1.29 is 4.79 Å². The third-order valence-corrected chi connectivity index (χ3v) is 3.55. The van der Waals surface area contributed by atoms with Gasteiger partial charge in [-0.05, 0) is 47.8 Å². The minimum Gasteiger partial charge on any atom is -0.303 e. The molecule has 17 heavy (non-hydrogen) atoms. The molecule has 4 nitrogen and oxygen atoms in total. The normalized spacial score (nSPS) is 23.7. The number of halogens is 2. The quantitative estimate of drug-likeness (QED) is 0.673. The van der Waals surface area contributed by atoms with Crippen LogP contribution < -0.4 is 9.74 Å². The highest BCUT2D eigenvalue weighted by Crippen LogP contribution is 2.21. The summed E-state index contributed by atoms with van der Waals surface area (Å²) in [4.78, 5) is 16.2. The van der Waals surface area contributed by atoms with Crippen molar-refractivity contribution in [2.24, 2.45) is 0 Å². The van der Waals surface area contributed by atoms with E-state index in [4.69, 9.17) is 11.8 Å². The van der Waals surface area contributed by atoms with Crippen molar-refractivity contribution in [3.05, 3.63) is 22.8 Å². The van der Waals surface area contributed by atoms with Crippen LogP contribution in [-0.4, -0.2) is 23.0 Å². The van der Waals surface area contributed by atoms with Crippen LogP contribution in [0.3, 0.4) is 0 Å². The number of aromatic nitrogens is 1. The van der Waals surface area contributed by atoms with Crippen LogP contribution in [0.4, 0.5) is 5.82 Å². The predicted octanol–water partition coefficient (Wildman–Crippen LogP) is 2.47. The molecule has 0 aromatic carbocycles. The Hall–Kier alpha value is -0.650. The highest BCUT2D eigenvalue weighted by molar-refractivity contribution is 9.10. The van der Waals surface area contributed by atoms with E-state index in [1.54, 1.807) is 18.2 Å².